The summed E-state index contributed by atoms with van der Waals surface area (Å²) >= 11 is 0. The molecule has 0 saturated heterocycles. The average Bonchev–Trinajstić information content (AvgIpc) is 3.23. The van der Waals surface area contributed by atoms with Crippen LogP contribution in [0.15, 0.2) is 84.5 Å². The normalized spacial score (nSPS) is 15.1. The van der Waals surface area contributed by atoms with Gasteiger partial charge in [-0.25, -0.2) is 4.68 Å². The molecule has 158 valence electrons. The van der Waals surface area contributed by atoms with Gasteiger partial charge < -0.3 is 10.6 Å². The predicted octanol–water partition coefficient (Wildman–Crippen LogP) is 3.97. The van der Waals surface area contributed by atoms with Gasteiger partial charge in [0.05, 0.1) is 23.2 Å². The first-order valence-corrected chi connectivity index (χ1v) is 10.2. The molecule has 3 aromatic heterocycles. The van der Waals surface area contributed by atoms with Crippen LogP contribution in [-0.2, 0) is 4.79 Å². The first kappa shape index (κ1) is 19.6. The van der Waals surface area contributed by atoms with E-state index >= 15 is 0 Å². The first-order valence-electron chi connectivity index (χ1n) is 10.2. The van der Waals surface area contributed by atoms with E-state index in [0.717, 1.165) is 11.1 Å². The zero-order chi connectivity index (χ0) is 22.1. The summed E-state index contributed by atoms with van der Waals surface area (Å²) in [7, 11) is 0. The van der Waals surface area contributed by atoms with Gasteiger partial charge in [0.15, 0.2) is 5.82 Å². The molecule has 8 heteroatoms. The number of aryl methyl sites for hydroxylation is 1. The summed E-state index contributed by atoms with van der Waals surface area (Å²) in [6, 6.07) is 16.6. The molecule has 4 aromatic rings. The van der Waals surface area contributed by atoms with Crippen LogP contribution in [-0.4, -0.2) is 30.6 Å². The van der Waals surface area contributed by atoms with Crippen molar-refractivity contribution in [2.24, 2.45) is 0 Å². The van der Waals surface area contributed by atoms with Crippen LogP contribution in [0.25, 0.3) is 11.4 Å². The number of nitrogens with zero attached hydrogens (tertiary/aromatic N) is 5. The van der Waals surface area contributed by atoms with Crippen molar-refractivity contribution in [3.63, 3.8) is 0 Å². The van der Waals surface area contributed by atoms with Gasteiger partial charge in [-0.15, -0.1) is 5.10 Å². The van der Waals surface area contributed by atoms with Gasteiger partial charge in [0.25, 0.3) is 5.91 Å². The van der Waals surface area contributed by atoms with Crippen molar-refractivity contribution >= 4 is 17.5 Å². The molecule has 2 N–H and O–H groups in total. The standard InChI is InChI=1S/C24H21N7O/c1-15-8-3-4-10-18(15)22-29-24-27-16(2)20(23(32)28-17-9-7-12-25-14-17)21(31(24)30-22)19-11-5-6-13-26-19/h3-14,21H,1-2H3,(H,28,32)(H,27,29,30). The lowest BCUT2D eigenvalue weighted by Crippen LogP contribution is -2.32. The van der Waals surface area contributed by atoms with Crippen LogP contribution >= 0.6 is 0 Å². The third-order valence-corrected chi connectivity index (χ3v) is 5.37. The molecule has 4 heterocycles. The van der Waals surface area contributed by atoms with E-state index in [-0.39, 0.29) is 5.91 Å². The number of hydrogen-bond donors (Lipinski definition) is 2. The maximum Gasteiger partial charge on any atom is 0.255 e. The number of nitrogens with one attached hydrogen (secondary N) is 2. The van der Waals surface area contributed by atoms with E-state index < -0.39 is 6.04 Å². The summed E-state index contributed by atoms with van der Waals surface area (Å²) in [4.78, 5) is 26.7. The quantitative estimate of drug-likeness (QED) is 0.515. The number of carbonyl (C=O) groups is 1. The van der Waals surface area contributed by atoms with Crippen molar-refractivity contribution in [2.75, 3.05) is 10.6 Å². The lowest BCUT2D eigenvalue weighted by molar-refractivity contribution is -0.113. The van der Waals surface area contributed by atoms with Gasteiger partial charge in [-0.05, 0) is 43.7 Å². The summed E-state index contributed by atoms with van der Waals surface area (Å²) in [5.74, 6) is 0.903. The smallest absolute Gasteiger partial charge is 0.255 e. The molecule has 0 fully saturated rings. The van der Waals surface area contributed by atoms with E-state index in [4.69, 9.17) is 10.1 Å². The number of amides is 1. The fourth-order valence-electron chi connectivity index (χ4n) is 3.83. The molecular formula is C24H21N7O. The van der Waals surface area contributed by atoms with Gasteiger partial charge >= 0.3 is 0 Å². The highest BCUT2D eigenvalue weighted by Gasteiger charge is 2.35. The molecule has 0 bridgehead atoms. The van der Waals surface area contributed by atoms with Crippen LogP contribution in [0, 0.1) is 6.92 Å². The zero-order valence-electron chi connectivity index (χ0n) is 17.6. The predicted molar refractivity (Wildman–Crippen MR) is 122 cm³/mol. The third-order valence-electron chi connectivity index (χ3n) is 5.37. The summed E-state index contributed by atoms with van der Waals surface area (Å²) < 4.78 is 1.73. The highest BCUT2D eigenvalue weighted by molar-refractivity contribution is 6.05. The lowest BCUT2D eigenvalue weighted by atomic mass is 9.98. The number of benzene rings is 1. The summed E-state index contributed by atoms with van der Waals surface area (Å²) in [6.07, 6.45) is 4.98. The number of anilines is 2. The second kappa shape index (κ2) is 8.07. The average molecular weight is 423 g/mol. The fourth-order valence-corrected chi connectivity index (χ4v) is 3.83. The molecule has 0 radical (unpaired) electrons. The van der Waals surface area contributed by atoms with Crippen LogP contribution in [0.3, 0.4) is 0 Å². The van der Waals surface area contributed by atoms with E-state index in [9.17, 15) is 4.79 Å². The largest absolute Gasteiger partial charge is 0.328 e. The van der Waals surface area contributed by atoms with E-state index in [1.807, 2.05) is 56.3 Å². The number of rotatable bonds is 4. The molecule has 32 heavy (non-hydrogen) atoms. The van der Waals surface area contributed by atoms with Crippen molar-refractivity contribution in [2.45, 2.75) is 19.9 Å². The molecule has 1 unspecified atom stereocenters. The Bertz CT molecular complexity index is 1310. The Labute approximate surface area is 185 Å². The molecule has 1 aliphatic rings. The minimum atomic E-state index is -0.533. The molecule has 5 rings (SSSR count). The Morgan fingerprint density at radius 1 is 1.03 bits per heavy atom. The second-order valence-corrected chi connectivity index (χ2v) is 7.54. The van der Waals surface area contributed by atoms with Crippen LogP contribution in [0.1, 0.15) is 24.2 Å². The molecule has 0 saturated carbocycles. The van der Waals surface area contributed by atoms with Crippen LogP contribution in [0.2, 0.25) is 0 Å². The molecule has 0 aliphatic carbocycles. The lowest BCUT2D eigenvalue weighted by Gasteiger charge is -2.27. The fraction of sp³-hybridized carbons (Fsp3) is 0.125. The Balaban J connectivity index is 1.61. The number of aromatic nitrogens is 5. The minimum Gasteiger partial charge on any atom is -0.328 e. The van der Waals surface area contributed by atoms with Crippen molar-refractivity contribution in [1.29, 1.82) is 0 Å². The van der Waals surface area contributed by atoms with Crippen LogP contribution < -0.4 is 10.6 Å². The number of allylic oxidation sites excluding steroid dienone is 1. The summed E-state index contributed by atoms with van der Waals surface area (Å²) in [6.45, 7) is 3.88. The van der Waals surface area contributed by atoms with Gasteiger partial charge in [-0.1, -0.05) is 30.3 Å². The molecule has 1 aliphatic heterocycles. The van der Waals surface area contributed by atoms with Gasteiger partial charge in [-0.3, -0.25) is 14.8 Å². The van der Waals surface area contributed by atoms with Crippen molar-refractivity contribution in [3.8, 4) is 11.4 Å². The Morgan fingerprint density at radius 3 is 2.62 bits per heavy atom. The molecule has 0 spiro atoms. The number of fused-ring (bicyclic) bond motifs is 1. The Morgan fingerprint density at radius 2 is 1.88 bits per heavy atom. The Hall–Kier alpha value is -4.33. The SMILES string of the molecule is CC1=C(C(=O)Nc2cccnc2)C(c2ccccn2)n2nc(-c3ccccc3C)nc2N1. The topological polar surface area (TPSA) is 97.6 Å². The van der Waals surface area contributed by atoms with E-state index in [1.165, 1.54) is 0 Å². The Kier molecular flexibility index (Phi) is 4.95. The number of pyridine rings is 2. The molecule has 8 nitrogen and oxygen atoms in total. The van der Waals surface area contributed by atoms with E-state index in [2.05, 4.69) is 20.6 Å². The molecule has 1 atom stereocenters. The van der Waals surface area contributed by atoms with Crippen molar-refractivity contribution in [1.82, 2.24) is 24.7 Å². The van der Waals surface area contributed by atoms with E-state index in [0.29, 0.717) is 34.4 Å². The summed E-state index contributed by atoms with van der Waals surface area (Å²) in [5, 5.41) is 11.0. The maximum absolute atomic E-state index is 13.4. The monoisotopic (exact) mass is 423 g/mol. The third kappa shape index (κ3) is 3.51. The van der Waals surface area contributed by atoms with Crippen LogP contribution in [0.4, 0.5) is 11.6 Å². The zero-order valence-corrected chi connectivity index (χ0v) is 17.6. The number of carbonyl (C=O) groups excluding carboxylic acids is 1. The molecular weight excluding hydrogens is 402 g/mol. The summed E-state index contributed by atoms with van der Waals surface area (Å²) in [5.41, 5.74) is 4.54. The van der Waals surface area contributed by atoms with Gasteiger partial charge in [-0.2, -0.15) is 4.98 Å². The number of hydrogen-bond acceptors (Lipinski definition) is 6. The minimum absolute atomic E-state index is 0.253. The highest BCUT2D eigenvalue weighted by Crippen LogP contribution is 2.36. The van der Waals surface area contributed by atoms with Crippen molar-refractivity contribution in [3.05, 3.63) is 95.7 Å². The first-order chi connectivity index (χ1) is 15.6. The van der Waals surface area contributed by atoms with Crippen molar-refractivity contribution < 1.29 is 4.79 Å². The maximum atomic E-state index is 13.4. The van der Waals surface area contributed by atoms with Gasteiger partial charge in [0.2, 0.25) is 5.95 Å². The molecule has 1 aromatic carbocycles. The molecule has 1 amide bonds. The second-order valence-electron chi connectivity index (χ2n) is 7.54. The van der Waals surface area contributed by atoms with E-state index in [1.54, 1.807) is 35.4 Å². The van der Waals surface area contributed by atoms with Crippen LogP contribution in [0.5, 0.6) is 0 Å². The van der Waals surface area contributed by atoms with Gasteiger partial charge in [0.1, 0.15) is 6.04 Å². The van der Waals surface area contributed by atoms with Gasteiger partial charge in [0, 0.05) is 23.7 Å². The highest BCUT2D eigenvalue weighted by atomic mass is 16.1.